The summed E-state index contributed by atoms with van der Waals surface area (Å²) in [5, 5.41) is 0. The van der Waals surface area contributed by atoms with Crippen LogP contribution >= 0.6 is 0 Å². The number of nitrogens with zero attached hydrogens (tertiary/aromatic N) is 2. The van der Waals surface area contributed by atoms with Crippen molar-refractivity contribution in [3.8, 4) is 0 Å². The third-order valence-electron chi connectivity index (χ3n) is 3.34. The van der Waals surface area contributed by atoms with Crippen LogP contribution in [0.3, 0.4) is 0 Å². The number of rotatable bonds is 2. The maximum atomic E-state index is 12.0. The van der Waals surface area contributed by atoms with Crippen molar-refractivity contribution in [3.05, 3.63) is 34.7 Å². The minimum Gasteiger partial charge on any atom is -0.341 e. The molecule has 0 aromatic carbocycles. The third-order valence-corrected chi connectivity index (χ3v) is 3.34. The Balaban J connectivity index is 1.98. The summed E-state index contributed by atoms with van der Waals surface area (Å²) in [7, 11) is 0. The van der Waals surface area contributed by atoms with Crippen molar-refractivity contribution in [2.75, 3.05) is 13.1 Å². The van der Waals surface area contributed by atoms with E-state index in [-0.39, 0.29) is 18.0 Å². The van der Waals surface area contributed by atoms with E-state index in [1.807, 2.05) is 4.90 Å². The van der Waals surface area contributed by atoms with E-state index >= 15 is 0 Å². The molecule has 1 aromatic heterocycles. The molecule has 1 aliphatic rings. The van der Waals surface area contributed by atoms with Gasteiger partial charge in [0.15, 0.2) is 0 Å². The number of carbonyl (C=O) groups excluding carboxylic acids is 1. The Morgan fingerprint density at radius 3 is 2.71 bits per heavy atom. The lowest BCUT2D eigenvalue weighted by Crippen LogP contribution is -2.41. The van der Waals surface area contributed by atoms with Crippen LogP contribution < -0.4 is 5.56 Å². The molecule has 0 radical (unpaired) electrons. The Morgan fingerprint density at radius 1 is 1.35 bits per heavy atom. The van der Waals surface area contributed by atoms with Gasteiger partial charge in [-0.3, -0.25) is 9.59 Å². The van der Waals surface area contributed by atoms with Gasteiger partial charge in [-0.1, -0.05) is 13.0 Å². The fourth-order valence-electron chi connectivity index (χ4n) is 2.09. The van der Waals surface area contributed by atoms with Crippen LogP contribution in [-0.4, -0.2) is 28.5 Å². The number of pyridine rings is 1. The predicted octanol–water partition coefficient (Wildman–Crippen LogP) is 1.11. The van der Waals surface area contributed by atoms with E-state index in [0.29, 0.717) is 5.92 Å². The fourth-order valence-corrected chi connectivity index (χ4v) is 2.09. The zero-order valence-corrected chi connectivity index (χ0v) is 10.1. The average molecular weight is 234 g/mol. The molecule has 4 nitrogen and oxygen atoms in total. The van der Waals surface area contributed by atoms with Crippen molar-refractivity contribution in [2.45, 2.75) is 26.3 Å². The fraction of sp³-hybridized carbons (Fsp3) is 0.538. The monoisotopic (exact) mass is 234 g/mol. The van der Waals surface area contributed by atoms with Crippen molar-refractivity contribution < 1.29 is 4.79 Å². The Morgan fingerprint density at radius 2 is 2.06 bits per heavy atom. The van der Waals surface area contributed by atoms with Crippen LogP contribution in [0.4, 0.5) is 0 Å². The molecule has 1 aliphatic heterocycles. The lowest BCUT2D eigenvalue weighted by molar-refractivity contribution is -0.133. The van der Waals surface area contributed by atoms with E-state index in [1.165, 1.54) is 10.6 Å². The van der Waals surface area contributed by atoms with Crippen LogP contribution in [0, 0.1) is 5.92 Å². The van der Waals surface area contributed by atoms with Crippen molar-refractivity contribution >= 4 is 5.91 Å². The molecule has 92 valence electrons. The SMILES string of the molecule is CC1CCN(C(=O)Cn2ccccc2=O)CC1. The van der Waals surface area contributed by atoms with Crippen LogP contribution in [0.15, 0.2) is 29.2 Å². The van der Waals surface area contributed by atoms with E-state index < -0.39 is 0 Å². The van der Waals surface area contributed by atoms with Gasteiger partial charge >= 0.3 is 0 Å². The Hall–Kier alpha value is -1.58. The summed E-state index contributed by atoms with van der Waals surface area (Å²) in [5.41, 5.74) is -0.119. The van der Waals surface area contributed by atoms with Gasteiger partial charge < -0.3 is 9.47 Å². The highest BCUT2D eigenvalue weighted by Crippen LogP contribution is 2.15. The molecular formula is C13H18N2O2. The zero-order valence-electron chi connectivity index (χ0n) is 10.1. The standard InChI is InChI=1S/C13H18N2O2/c1-11-5-8-14(9-6-11)13(17)10-15-7-3-2-4-12(15)16/h2-4,7,11H,5-6,8-10H2,1H3. The number of hydrogen-bond acceptors (Lipinski definition) is 2. The van der Waals surface area contributed by atoms with Gasteiger partial charge in [0.2, 0.25) is 5.91 Å². The van der Waals surface area contributed by atoms with E-state index in [2.05, 4.69) is 6.92 Å². The van der Waals surface area contributed by atoms with Crippen LogP contribution in [0.2, 0.25) is 0 Å². The smallest absolute Gasteiger partial charge is 0.250 e. The second kappa shape index (κ2) is 5.17. The van der Waals surface area contributed by atoms with Gasteiger partial charge in [-0.2, -0.15) is 0 Å². The predicted molar refractivity (Wildman–Crippen MR) is 65.7 cm³/mol. The number of aromatic nitrogens is 1. The minimum absolute atomic E-state index is 0.0465. The summed E-state index contributed by atoms with van der Waals surface area (Å²) >= 11 is 0. The first-order chi connectivity index (χ1) is 8.16. The van der Waals surface area contributed by atoms with E-state index in [4.69, 9.17) is 0 Å². The first kappa shape index (κ1) is 11.9. The van der Waals surface area contributed by atoms with Crippen molar-refractivity contribution in [1.82, 2.24) is 9.47 Å². The maximum absolute atomic E-state index is 12.0. The molecule has 1 aromatic rings. The molecule has 0 aliphatic carbocycles. The quantitative estimate of drug-likeness (QED) is 0.769. The van der Waals surface area contributed by atoms with Crippen LogP contribution in [-0.2, 0) is 11.3 Å². The largest absolute Gasteiger partial charge is 0.341 e. The highest BCUT2D eigenvalue weighted by Gasteiger charge is 2.20. The van der Waals surface area contributed by atoms with Gasteiger partial charge in [0, 0.05) is 25.4 Å². The summed E-state index contributed by atoms with van der Waals surface area (Å²) < 4.78 is 1.46. The Bertz CT molecular complexity index is 445. The highest BCUT2D eigenvalue weighted by molar-refractivity contribution is 5.76. The highest BCUT2D eigenvalue weighted by atomic mass is 16.2. The van der Waals surface area contributed by atoms with Crippen LogP contribution in [0.25, 0.3) is 0 Å². The normalized spacial score (nSPS) is 17.1. The van der Waals surface area contributed by atoms with Gasteiger partial charge in [-0.15, -0.1) is 0 Å². The maximum Gasteiger partial charge on any atom is 0.250 e. The second-order valence-corrected chi connectivity index (χ2v) is 4.73. The van der Waals surface area contributed by atoms with E-state index in [1.54, 1.807) is 18.3 Å². The minimum atomic E-state index is -0.119. The lowest BCUT2D eigenvalue weighted by atomic mass is 9.99. The van der Waals surface area contributed by atoms with Crippen molar-refractivity contribution in [3.63, 3.8) is 0 Å². The molecule has 1 amide bonds. The molecule has 0 saturated carbocycles. The zero-order chi connectivity index (χ0) is 12.3. The summed E-state index contributed by atoms with van der Waals surface area (Å²) in [4.78, 5) is 25.3. The number of carbonyl (C=O) groups is 1. The first-order valence-electron chi connectivity index (χ1n) is 6.10. The summed E-state index contributed by atoms with van der Waals surface area (Å²) in [6, 6.07) is 4.93. The van der Waals surface area contributed by atoms with Crippen LogP contribution in [0.5, 0.6) is 0 Å². The number of likely N-dealkylation sites (tertiary alicyclic amines) is 1. The van der Waals surface area contributed by atoms with Crippen molar-refractivity contribution in [1.29, 1.82) is 0 Å². The van der Waals surface area contributed by atoms with Crippen molar-refractivity contribution in [2.24, 2.45) is 5.92 Å². The first-order valence-corrected chi connectivity index (χ1v) is 6.10. The Labute approximate surface area is 101 Å². The summed E-state index contributed by atoms with van der Waals surface area (Å²) in [6.45, 7) is 4.01. The van der Waals surface area contributed by atoms with Gasteiger partial charge in [0.05, 0.1) is 0 Å². The molecule has 1 fully saturated rings. The third kappa shape index (κ3) is 2.96. The van der Waals surface area contributed by atoms with Gasteiger partial charge in [-0.05, 0) is 24.8 Å². The molecule has 2 heterocycles. The molecule has 4 heteroatoms. The lowest BCUT2D eigenvalue weighted by Gasteiger charge is -2.30. The summed E-state index contributed by atoms with van der Waals surface area (Å²) in [6.07, 6.45) is 3.79. The van der Waals surface area contributed by atoms with Gasteiger partial charge in [0.1, 0.15) is 6.54 Å². The molecule has 0 unspecified atom stereocenters. The van der Waals surface area contributed by atoms with Crippen LogP contribution in [0.1, 0.15) is 19.8 Å². The van der Waals surface area contributed by atoms with E-state index in [0.717, 1.165) is 25.9 Å². The van der Waals surface area contributed by atoms with Gasteiger partial charge in [0.25, 0.3) is 5.56 Å². The molecule has 0 bridgehead atoms. The molecule has 0 atom stereocenters. The molecule has 2 rings (SSSR count). The average Bonchev–Trinajstić information content (AvgIpc) is 2.33. The molecule has 17 heavy (non-hydrogen) atoms. The molecule has 1 saturated heterocycles. The molecule has 0 N–H and O–H groups in total. The second-order valence-electron chi connectivity index (χ2n) is 4.73. The number of amides is 1. The summed E-state index contributed by atoms with van der Waals surface area (Å²) in [5.74, 6) is 0.753. The van der Waals surface area contributed by atoms with E-state index in [9.17, 15) is 9.59 Å². The number of hydrogen-bond donors (Lipinski definition) is 0. The molecular weight excluding hydrogens is 216 g/mol. The molecule has 0 spiro atoms. The van der Waals surface area contributed by atoms with Gasteiger partial charge in [-0.25, -0.2) is 0 Å². The Kier molecular flexibility index (Phi) is 3.61. The topological polar surface area (TPSA) is 42.3 Å². The number of piperidine rings is 1.